The zero-order chi connectivity index (χ0) is 11.3. The van der Waals surface area contributed by atoms with Gasteiger partial charge in [-0.3, -0.25) is 4.98 Å². The fourth-order valence-corrected chi connectivity index (χ4v) is 1.76. The molecule has 1 aromatic rings. The number of aryl methyl sites for hydroxylation is 1. The molecule has 1 heterocycles. The van der Waals surface area contributed by atoms with Gasteiger partial charge in [0.15, 0.2) is 0 Å². The van der Waals surface area contributed by atoms with Gasteiger partial charge in [0.2, 0.25) is 0 Å². The Morgan fingerprint density at radius 2 is 2.13 bits per heavy atom. The average Bonchev–Trinajstić information content (AvgIpc) is 2.25. The third-order valence-electron chi connectivity index (χ3n) is 2.95. The Morgan fingerprint density at radius 1 is 1.40 bits per heavy atom. The van der Waals surface area contributed by atoms with Gasteiger partial charge in [-0.2, -0.15) is 0 Å². The Bertz CT molecular complexity index is 296. The van der Waals surface area contributed by atoms with Crippen molar-refractivity contribution < 1.29 is 0 Å². The fraction of sp³-hybridized carbons (Fsp3) is 0.615. The standard InChI is InChI=1S/C13H22N2/c1-5-8-14-12(4)11(3)13-10(2)7-6-9-15-13/h6-7,9,11-12,14H,5,8H2,1-4H3. The molecule has 0 aromatic carbocycles. The minimum absolute atomic E-state index is 0.470. The van der Waals surface area contributed by atoms with Crippen molar-refractivity contribution in [2.45, 2.75) is 46.1 Å². The van der Waals surface area contributed by atoms with Gasteiger partial charge in [0.25, 0.3) is 0 Å². The van der Waals surface area contributed by atoms with Gasteiger partial charge in [-0.15, -0.1) is 0 Å². The van der Waals surface area contributed by atoms with E-state index in [2.05, 4.69) is 44.1 Å². The van der Waals surface area contributed by atoms with Crippen molar-refractivity contribution in [3.8, 4) is 0 Å². The van der Waals surface area contributed by atoms with Crippen LogP contribution in [0.2, 0.25) is 0 Å². The highest BCUT2D eigenvalue weighted by Gasteiger charge is 2.16. The van der Waals surface area contributed by atoms with E-state index in [-0.39, 0.29) is 0 Å². The lowest BCUT2D eigenvalue weighted by molar-refractivity contribution is 0.473. The van der Waals surface area contributed by atoms with Crippen LogP contribution in [0.4, 0.5) is 0 Å². The normalized spacial score (nSPS) is 14.9. The monoisotopic (exact) mass is 206 g/mol. The fourth-order valence-electron chi connectivity index (χ4n) is 1.76. The summed E-state index contributed by atoms with van der Waals surface area (Å²) in [4.78, 5) is 4.47. The van der Waals surface area contributed by atoms with E-state index >= 15 is 0 Å². The van der Waals surface area contributed by atoms with E-state index in [0.29, 0.717) is 12.0 Å². The molecule has 2 unspecified atom stereocenters. The lowest BCUT2D eigenvalue weighted by Crippen LogP contribution is -2.32. The summed E-state index contributed by atoms with van der Waals surface area (Å²) in [6.07, 6.45) is 3.06. The van der Waals surface area contributed by atoms with Gasteiger partial charge >= 0.3 is 0 Å². The Hall–Kier alpha value is -0.890. The number of nitrogens with one attached hydrogen (secondary N) is 1. The molecule has 0 bridgehead atoms. The number of hydrogen-bond acceptors (Lipinski definition) is 2. The minimum Gasteiger partial charge on any atom is -0.314 e. The highest BCUT2D eigenvalue weighted by atomic mass is 14.9. The number of nitrogens with zero attached hydrogens (tertiary/aromatic N) is 1. The van der Waals surface area contributed by atoms with E-state index in [1.165, 1.54) is 17.7 Å². The van der Waals surface area contributed by atoms with E-state index in [1.54, 1.807) is 0 Å². The molecule has 2 heteroatoms. The van der Waals surface area contributed by atoms with E-state index in [0.717, 1.165) is 6.54 Å². The molecule has 1 rings (SSSR count). The van der Waals surface area contributed by atoms with Gasteiger partial charge in [-0.05, 0) is 38.4 Å². The molecule has 1 aromatic heterocycles. The molecule has 0 aliphatic heterocycles. The smallest absolute Gasteiger partial charge is 0.0476 e. The van der Waals surface area contributed by atoms with Crippen molar-refractivity contribution in [2.75, 3.05) is 6.54 Å². The zero-order valence-electron chi connectivity index (χ0n) is 10.2. The van der Waals surface area contributed by atoms with Gasteiger partial charge in [-0.25, -0.2) is 0 Å². The molecule has 84 valence electrons. The van der Waals surface area contributed by atoms with Crippen LogP contribution >= 0.6 is 0 Å². The summed E-state index contributed by atoms with van der Waals surface area (Å²) in [7, 11) is 0. The molecule has 0 spiro atoms. The minimum atomic E-state index is 0.470. The van der Waals surface area contributed by atoms with Crippen LogP contribution in [0.5, 0.6) is 0 Å². The van der Waals surface area contributed by atoms with Gasteiger partial charge in [-0.1, -0.05) is 19.9 Å². The maximum absolute atomic E-state index is 4.47. The van der Waals surface area contributed by atoms with Gasteiger partial charge < -0.3 is 5.32 Å². The van der Waals surface area contributed by atoms with Crippen molar-refractivity contribution in [3.63, 3.8) is 0 Å². The second kappa shape index (κ2) is 5.86. The molecule has 0 aliphatic carbocycles. The summed E-state index contributed by atoms with van der Waals surface area (Å²) < 4.78 is 0. The molecule has 2 nitrogen and oxygen atoms in total. The molecule has 0 aliphatic rings. The first-order chi connectivity index (χ1) is 7.16. The van der Waals surface area contributed by atoms with Gasteiger partial charge in [0, 0.05) is 23.9 Å². The van der Waals surface area contributed by atoms with Crippen LogP contribution in [0, 0.1) is 6.92 Å². The highest BCUT2D eigenvalue weighted by Crippen LogP contribution is 2.19. The first-order valence-electron chi connectivity index (χ1n) is 5.81. The van der Waals surface area contributed by atoms with Crippen LogP contribution in [0.15, 0.2) is 18.3 Å². The molecular weight excluding hydrogens is 184 g/mol. The molecule has 0 fully saturated rings. The molecular formula is C13H22N2. The molecule has 0 saturated heterocycles. The molecule has 0 saturated carbocycles. The van der Waals surface area contributed by atoms with Crippen molar-refractivity contribution in [1.82, 2.24) is 10.3 Å². The van der Waals surface area contributed by atoms with Crippen LogP contribution in [-0.4, -0.2) is 17.6 Å². The SMILES string of the molecule is CCCNC(C)C(C)c1ncccc1C. The summed E-state index contributed by atoms with van der Waals surface area (Å²) in [6, 6.07) is 4.61. The topological polar surface area (TPSA) is 24.9 Å². The quantitative estimate of drug-likeness (QED) is 0.801. The average molecular weight is 206 g/mol. The highest BCUT2D eigenvalue weighted by molar-refractivity contribution is 5.22. The summed E-state index contributed by atoms with van der Waals surface area (Å²) >= 11 is 0. The third kappa shape index (κ3) is 3.31. The second-order valence-corrected chi connectivity index (χ2v) is 4.24. The van der Waals surface area contributed by atoms with Crippen LogP contribution < -0.4 is 5.32 Å². The van der Waals surface area contributed by atoms with Crippen molar-refractivity contribution in [3.05, 3.63) is 29.6 Å². The molecule has 0 amide bonds. The zero-order valence-corrected chi connectivity index (χ0v) is 10.2. The van der Waals surface area contributed by atoms with Crippen molar-refractivity contribution >= 4 is 0 Å². The summed E-state index contributed by atoms with van der Waals surface area (Å²) in [6.45, 7) is 9.87. The molecule has 2 atom stereocenters. The van der Waals surface area contributed by atoms with Crippen molar-refractivity contribution in [2.24, 2.45) is 0 Å². The Labute approximate surface area is 93.1 Å². The van der Waals surface area contributed by atoms with Crippen molar-refractivity contribution in [1.29, 1.82) is 0 Å². The van der Waals surface area contributed by atoms with Gasteiger partial charge in [0.1, 0.15) is 0 Å². The van der Waals surface area contributed by atoms with Crippen LogP contribution in [0.25, 0.3) is 0 Å². The predicted molar refractivity (Wildman–Crippen MR) is 65.1 cm³/mol. The molecule has 0 radical (unpaired) electrons. The third-order valence-corrected chi connectivity index (χ3v) is 2.95. The Balaban J connectivity index is 2.67. The second-order valence-electron chi connectivity index (χ2n) is 4.24. The number of hydrogen-bond donors (Lipinski definition) is 1. The van der Waals surface area contributed by atoms with Crippen LogP contribution in [-0.2, 0) is 0 Å². The molecule has 1 N–H and O–H groups in total. The Morgan fingerprint density at radius 3 is 2.73 bits per heavy atom. The first kappa shape index (κ1) is 12.2. The lowest BCUT2D eigenvalue weighted by Gasteiger charge is -2.22. The lowest BCUT2D eigenvalue weighted by atomic mass is 9.96. The summed E-state index contributed by atoms with van der Waals surface area (Å²) in [5.41, 5.74) is 2.50. The largest absolute Gasteiger partial charge is 0.314 e. The number of pyridine rings is 1. The van der Waals surface area contributed by atoms with Gasteiger partial charge in [0.05, 0.1) is 0 Å². The van der Waals surface area contributed by atoms with Crippen LogP contribution in [0.3, 0.4) is 0 Å². The molecule has 15 heavy (non-hydrogen) atoms. The number of rotatable bonds is 5. The van der Waals surface area contributed by atoms with E-state index < -0.39 is 0 Å². The maximum Gasteiger partial charge on any atom is 0.0476 e. The summed E-state index contributed by atoms with van der Waals surface area (Å²) in [5.74, 6) is 0.470. The summed E-state index contributed by atoms with van der Waals surface area (Å²) in [5, 5.41) is 3.52. The maximum atomic E-state index is 4.47. The Kier molecular flexibility index (Phi) is 4.76. The van der Waals surface area contributed by atoms with E-state index in [1.807, 2.05) is 12.3 Å². The number of aromatic nitrogens is 1. The predicted octanol–water partition coefficient (Wildman–Crippen LogP) is 2.88. The first-order valence-corrected chi connectivity index (χ1v) is 5.81. The van der Waals surface area contributed by atoms with Crippen LogP contribution in [0.1, 0.15) is 44.4 Å². The van der Waals surface area contributed by atoms with E-state index in [4.69, 9.17) is 0 Å². The van der Waals surface area contributed by atoms with E-state index in [9.17, 15) is 0 Å².